The van der Waals surface area contributed by atoms with Gasteiger partial charge in [0.15, 0.2) is 12.6 Å². The number of carbonyl (C=O) groups is 2. The van der Waals surface area contributed by atoms with Gasteiger partial charge in [-0.25, -0.2) is 0 Å². The predicted octanol–water partition coefficient (Wildman–Crippen LogP) is 1.89. The Kier molecular flexibility index (Phi) is 7.92. The summed E-state index contributed by atoms with van der Waals surface area (Å²) < 4.78 is 5.24. The number of quaternary nitrogens is 1. The number of rotatable bonds is 7. The van der Waals surface area contributed by atoms with Crippen molar-refractivity contribution in [1.82, 2.24) is 5.32 Å². The number of ether oxygens (including phenoxy) is 1. The largest absolute Gasteiger partial charge is 0.495 e. The minimum atomic E-state index is -0.314. The van der Waals surface area contributed by atoms with Gasteiger partial charge in [-0.2, -0.15) is 0 Å². The summed E-state index contributed by atoms with van der Waals surface area (Å²) in [6.45, 7) is 4.22. The van der Waals surface area contributed by atoms with Crippen molar-refractivity contribution in [3.05, 3.63) is 23.2 Å². The Labute approximate surface area is 166 Å². The van der Waals surface area contributed by atoms with Crippen molar-refractivity contribution < 1.29 is 19.2 Å². The number of benzene rings is 1. The second-order valence-corrected chi connectivity index (χ2v) is 7.95. The summed E-state index contributed by atoms with van der Waals surface area (Å²) in [7, 11) is 3.39. The Morgan fingerprint density at radius 3 is 2.70 bits per heavy atom. The summed E-state index contributed by atoms with van der Waals surface area (Å²) >= 11 is 5.99. The normalized spacial score (nSPS) is 21.8. The predicted molar refractivity (Wildman–Crippen MR) is 107 cm³/mol. The van der Waals surface area contributed by atoms with E-state index < -0.39 is 0 Å². The molecule has 0 heterocycles. The van der Waals surface area contributed by atoms with E-state index in [-0.39, 0.29) is 30.4 Å². The zero-order valence-electron chi connectivity index (χ0n) is 16.6. The summed E-state index contributed by atoms with van der Waals surface area (Å²) in [5, 5.41) is 6.50. The van der Waals surface area contributed by atoms with E-state index in [1.54, 1.807) is 18.2 Å². The third-order valence-electron chi connectivity index (χ3n) is 5.45. The number of anilines is 1. The first-order valence-corrected chi connectivity index (χ1v) is 9.95. The highest BCUT2D eigenvalue weighted by molar-refractivity contribution is 6.31. The smallest absolute Gasteiger partial charge is 0.279 e. The van der Waals surface area contributed by atoms with Crippen molar-refractivity contribution in [3.63, 3.8) is 0 Å². The molecular formula is C20H31ClN3O3+. The molecule has 1 aliphatic rings. The number of hydrogen-bond acceptors (Lipinski definition) is 3. The highest BCUT2D eigenvalue weighted by Gasteiger charge is 2.29. The molecule has 4 atom stereocenters. The van der Waals surface area contributed by atoms with Crippen LogP contribution in [-0.2, 0) is 9.59 Å². The Morgan fingerprint density at radius 2 is 2.04 bits per heavy atom. The molecule has 1 aromatic carbocycles. The van der Waals surface area contributed by atoms with Crippen LogP contribution in [0.1, 0.15) is 39.5 Å². The van der Waals surface area contributed by atoms with E-state index in [0.29, 0.717) is 22.4 Å². The molecule has 1 fully saturated rings. The molecule has 2 amide bonds. The molecule has 1 unspecified atom stereocenters. The standard InChI is InChI=1S/C20H30ClN3O3/c1-13-7-5-6-8-16(13)23-20(26)14(2)24(3)12-19(25)22-17-11-15(21)9-10-18(17)27-4/h9-11,13-14,16H,5-8,12H2,1-4H3,(H,22,25)(H,23,26)/p+1/t13-,14+,16-/m0/s1. The van der Waals surface area contributed by atoms with Gasteiger partial charge >= 0.3 is 0 Å². The van der Waals surface area contributed by atoms with Crippen molar-refractivity contribution in [1.29, 1.82) is 0 Å². The third-order valence-corrected chi connectivity index (χ3v) is 5.68. The molecule has 0 aromatic heterocycles. The van der Waals surface area contributed by atoms with Crippen LogP contribution in [0.25, 0.3) is 0 Å². The van der Waals surface area contributed by atoms with Crippen LogP contribution in [0.3, 0.4) is 0 Å². The van der Waals surface area contributed by atoms with Gasteiger partial charge in [0.2, 0.25) is 0 Å². The van der Waals surface area contributed by atoms with Crippen LogP contribution in [-0.4, -0.2) is 44.6 Å². The number of hydrogen-bond donors (Lipinski definition) is 3. The molecule has 150 valence electrons. The molecule has 0 bridgehead atoms. The van der Waals surface area contributed by atoms with Gasteiger partial charge in [-0.05, 0) is 43.9 Å². The van der Waals surface area contributed by atoms with E-state index in [1.807, 2.05) is 14.0 Å². The maximum Gasteiger partial charge on any atom is 0.279 e. The summed E-state index contributed by atoms with van der Waals surface area (Å²) in [6, 6.07) is 4.98. The van der Waals surface area contributed by atoms with Gasteiger partial charge in [-0.15, -0.1) is 0 Å². The summed E-state index contributed by atoms with van der Waals surface area (Å²) in [4.78, 5) is 25.8. The first-order chi connectivity index (χ1) is 12.8. The highest BCUT2D eigenvalue weighted by atomic mass is 35.5. The Morgan fingerprint density at radius 1 is 1.33 bits per heavy atom. The van der Waals surface area contributed by atoms with Gasteiger partial charge in [-0.3, -0.25) is 9.59 Å². The minimum absolute atomic E-state index is 0.000568. The van der Waals surface area contributed by atoms with Gasteiger partial charge in [0.25, 0.3) is 11.8 Å². The van der Waals surface area contributed by atoms with Crippen LogP contribution in [0.2, 0.25) is 5.02 Å². The highest BCUT2D eigenvalue weighted by Crippen LogP contribution is 2.27. The van der Waals surface area contributed by atoms with Crippen molar-refractivity contribution >= 4 is 29.1 Å². The number of halogens is 1. The van der Waals surface area contributed by atoms with Crippen molar-refractivity contribution in [3.8, 4) is 5.75 Å². The van der Waals surface area contributed by atoms with Gasteiger partial charge in [0.05, 0.1) is 19.8 Å². The molecular weight excluding hydrogens is 366 g/mol. The lowest BCUT2D eigenvalue weighted by atomic mass is 9.86. The molecule has 1 aromatic rings. The average molecular weight is 397 g/mol. The van der Waals surface area contributed by atoms with Crippen molar-refractivity contribution in [2.75, 3.05) is 26.0 Å². The second-order valence-electron chi connectivity index (χ2n) is 7.51. The maximum atomic E-state index is 12.6. The van der Waals surface area contributed by atoms with Gasteiger partial charge < -0.3 is 20.3 Å². The molecule has 27 heavy (non-hydrogen) atoms. The summed E-state index contributed by atoms with van der Waals surface area (Å²) in [5.74, 6) is 0.856. The molecule has 7 heteroatoms. The molecule has 0 radical (unpaired) electrons. The summed E-state index contributed by atoms with van der Waals surface area (Å²) in [6.07, 6.45) is 4.59. The molecule has 3 N–H and O–H groups in total. The molecule has 1 aliphatic carbocycles. The zero-order valence-corrected chi connectivity index (χ0v) is 17.4. The number of likely N-dealkylation sites (N-methyl/N-ethyl adjacent to an activating group) is 1. The van der Waals surface area contributed by atoms with Crippen molar-refractivity contribution in [2.24, 2.45) is 5.92 Å². The lowest BCUT2D eigenvalue weighted by Crippen LogP contribution is -3.15. The van der Waals surface area contributed by atoms with Crippen LogP contribution in [0.5, 0.6) is 5.75 Å². The van der Waals surface area contributed by atoms with E-state index in [4.69, 9.17) is 16.3 Å². The molecule has 0 aliphatic heterocycles. The maximum absolute atomic E-state index is 12.6. The molecule has 2 rings (SSSR count). The fourth-order valence-corrected chi connectivity index (χ4v) is 3.61. The monoisotopic (exact) mass is 396 g/mol. The Hall–Kier alpha value is -1.79. The fraction of sp³-hybridized carbons (Fsp3) is 0.600. The zero-order chi connectivity index (χ0) is 20.0. The topological polar surface area (TPSA) is 71.9 Å². The number of nitrogens with one attached hydrogen (secondary N) is 3. The van der Waals surface area contributed by atoms with Gasteiger partial charge in [0, 0.05) is 11.1 Å². The van der Waals surface area contributed by atoms with E-state index in [9.17, 15) is 9.59 Å². The van der Waals surface area contributed by atoms with Gasteiger partial charge in [0.1, 0.15) is 5.75 Å². The Balaban J connectivity index is 1.89. The van der Waals surface area contributed by atoms with Crippen LogP contribution in [0, 0.1) is 5.92 Å². The first kappa shape index (κ1) is 21.5. The molecule has 0 saturated heterocycles. The minimum Gasteiger partial charge on any atom is -0.495 e. The van der Waals surface area contributed by atoms with Gasteiger partial charge in [-0.1, -0.05) is 31.4 Å². The SMILES string of the molecule is COc1ccc(Cl)cc1NC(=O)C[NH+](C)[C@H](C)C(=O)N[C@H]1CCCC[C@@H]1C. The third kappa shape index (κ3) is 6.11. The average Bonchev–Trinajstić information content (AvgIpc) is 2.63. The summed E-state index contributed by atoms with van der Waals surface area (Å²) in [5.41, 5.74) is 0.524. The lowest BCUT2D eigenvalue weighted by molar-refractivity contribution is -0.885. The van der Waals surface area contributed by atoms with Crippen LogP contribution in [0.15, 0.2) is 18.2 Å². The number of methoxy groups -OCH3 is 1. The second kappa shape index (κ2) is 9.95. The van der Waals surface area contributed by atoms with Crippen LogP contribution in [0.4, 0.5) is 5.69 Å². The molecule has 6 nitrogen and oxygen atoms in total. The van der Waals surface area contributed by atoms with E-state index in [2.05, 4.69) is 17.6 Å². The van der Waals surface area contributed by atoms with Crippen LogP contribution >= 0.6 is 11.6 Å². The van der Waals surface area contributed by atoms with Crippen LogP contribution < -0.4 is 20.3 Å². The van der Waals surface area contributed by atoms with Crippen molar-refractivity contribution in [2.45, 2.75) is 51.6 Å². The van der Waals surface area contributed by atoms with E-state index in [1.165, 1.54) is 13.5 Å². The quantitative estimate of drug-likeness (QED) is 0.659. The lowest BCUT2D eigenvalue weighted by Gasteiger charge is -2.31. The molecule has 1 saturated carbocycles. The number of carbonyl (C=O) groups excluding carboxylic acids is 2. The van der Waals surface area contributed by atoms with E-state index >= 15 is 0 Å². The fourth-order valence-electron chi connectivity index (χ4n) is 3.44. The molecule has 0 spiro atoms. The number of amides is 2. The van der Waals surface area contributed by atoms with E-state index in [0.717, 1.165) is 24.2 Å². The Bertz CT molecular complexity index is 668. The first-order valence-electron chi connectivity index (χ1n) is 9.58.